The van der Waals surface area contributed by atoms with Crippen LogP contribution < -0.4 is 10.0 Å². The molecule has 1 aromatic carbocycles. The highest BCUT2D eigenvalue weighted by Crippen LogP contribution is 2.21. The number of nitrogens with one attached hydrogen (secondary N) is 2. The summed E-state index contributed by atoms with van der Waals surface area (Å²) in [6.45, 7) is 3.37. The van der Waals surface area contributed by atoms with Gasteiger partial charge in [0.25, 0.3) is 0 Å². The minimum absolute atomic E-state index is 0.595. The van der Waals surface area contributed by atoms with E-state index in [0.29, 0.717) is 24.7 Å². The SMILES string of the molecule is CNc1ccc(NS(=O)(=O)N2CCC(C)CC2)cc1. The normalized spacial score (nSPS) is 18.2. The summed E-state index contributed by atoms with van der Waals surface area (Å²) in [5.74, 6) is 0.612. The minimum Gasteiger partial charge on any atom is -0.388 e. The number of nitrogens with zero attached hydrogens (tertiary/aromatic N) is 1. The van der Waals surface area contributed by atoms with E-state index in [1.165, 1.54) is 4.31 Å². The van der Waals surface area contributed by atoms with Crippen LogP contribution in [0.5, 0.6) is 0 Å². The number of piperidine rings is 1. The smallest absolute Gasteiger partial charge is 0.301 e. The van der Waals surface area contributed by atoms with Gasteiger partial charge in [-0.3, -0.25) is 4.72 Å². The van der Waals surface area contributed by atoms with Crippen molar-refractivity contribution in [1.82, 2.24) is 4.31 Å². The molecule has 1 heterocycles. The number of hydrogen-bond acceptors (Lipinski definition) is 3. The molecule has 6 heteroatoms. The molecule has 1 aliphatic rings. The topological polar surface area (TPSA) is 61.4 Å². The fourth-order valence-electron chi connectivity index (χ4n) is 2.14. The molecule has 106 valence electrons. The summed E-state index contributed by atoms with van der Waals surface area (Å²) in [5, 5.41) is 3.00. The molecule has 2 rings (SSSR count). The zero-order valence-electron chi connectivity index (χ0n) is 11.4. The molecule has 0 radical (unpaired) electrons. The summed E-state index contributed by atoms with van der Waals surface area (Å²) in [6.07, 6.45) is 1.86. The minimum atomic E-state index is -3.42. The Labute approximate surface area is 115 Å². The van der Waals surface area contributed by atoms with Crippen molar-refractivity contribution in [2.45, 2.75) is 19.8 Å². The molecule has 0 bridgehead atoms. The van der Waals surface area contributed by atoms with Gasteiger partial charge in [-0.25, -0.2) is 0 Å². The number of benzene rings is 1. The van der Waals surface area contributed by atoms with Crippen LogP contribution in [0.4, 0.5) is 11.4 Å². The molecule has 0 saturated carbocycles. The van der Waals surface area contributed by atoms with Crippen molar-refractivity contribution in [1.29, 1.82) is 0 Å². The van der Waals surface area contributed by atoms with Crippen molar-refractivity contribution in [3.05, 3.63) is 24.3 Å². The first-order chi connectivity index (χ1) is 9.01. The number of rotatable bonds is 4. The molecule has 0 spiro atoms. The third-order valence-corrected chi connectivity index (χ3v) is 5.04. The zero-order chi connectivity index (χ0) is 13.9. The van der Waals surface area contributed by atoms with Gasteiger partial charge < -0.3 is 5.32 Å². The van der Waals surface area contributed by atoms with Crippen molar-refractivity contribution < 1.29 is 8.42 Å². The van der Waals surface area contributed by atoms with E-state index in [1.807, 2.05) is 19.2 Å². The second-order valence-electron chi connectivity index (χ2n) is 5.02. The monoisotopic (exact) mass is 283 g/mol. The van der Waals surface area contributed by atoms with Gasteiger partial charge in [0.1, 0.15) is 0 Å². The third-order valence-electron chi connectivity index (χ3n) is 3.50. The van der Waals surface area contributed by atoms with E-state index < -0.39 is 10.2 Å². The highest BCUT2D eigenvalue weighted by Gasteiger charge is 2.26. The van der Waals surface area contributed by atoms with Crippen LogP contribution >= 0.6 is 0 Å². The first kappa shape index (κ1) is 14.1. The summed E-state index contributed by atoms with van der Waals surface area (Å²) >= 11 is 0. The summed E-state index contributed by atoms with van der Waals surface area (Å²) in [4.78, 5) is 0. The zero-order valence-corrected chi connectivity index (χ0v) is 12.2. The summed E-state index contributed by atoms with van der Waals surface area (Å²) < 4.78 is 28.6. The van der Waals surface area contributed by atoms with Crippen molar-refractivity contribution in [2.24, 2.45) is 5.92 Å². The maximum Gasteiger partial charge on any atom is 0.301 e. The van der Waals surface area contributed by atoms with Crippen molar-refractivity contribution in [3.8, 4) is 0 Å². The van der Waals surface area contributed by atoms with E-state index in [9.17, 15) is 8.42 Å². The van der Waals surface area contributed by atoms with E-state index in [0.717, 1.165) is 18.5 Å². The molecule has 0 atom stereocenters. The molecule has 19 heavy (non-hydrogen) atoms. The molecule has 1 aromatic rings. The molecule has 1 fully saturated rings. The Kier molecular flexibility index (Phi) is 4.31. The van der Waals surface area contributed by atoms with Gasteiger partial charge in [-0.05, 0) is 43.0 Å². The van der Waals surface area contributed by atoms with E-state index in [-0.39, 0.29) is 0 Å². The second kappa shape index (κ2) is 5.79. The van der Waals surface area contributed by atoms with Crippen LogP contribution in [0.1, 0.15) is 19.8 Å². The maximum atomic E-state index is 12.2. The third kappa shape index (κ3) is 3.61. The van der Waals surface area contributed by atoms with E-state index in [1.54, 1.807) is 12.1 Å². The average molecular weight is 283 g/mol. The van der Waals surface area contributed by atoms with Crippen LogP contribution in [0.3, 0.4) is 0 Å². The molecule has 0 aromatic heterocycles. The first-order valence-corrected chi connectivity index (χ1v) is 8.01. The molecular formula is C13H21N3O2S. The Balaban J connectivity index is 2.03. The van der Waals surface area contributed by atoms with Crippen molar-refractivity contribution in [2.75, 3.05) is 30.2 Å². The lowest BCUT2D eigenvalue weighted by Crippen LogP contribution is -2.41. The highest BCUT2D eigenvalue weighted by atomic mass is 32.2. The van der Waals surface area contributed by atoms with Gasteiger partial charge >= 0.3 is 10.2 Å². The quantitative estimate of drug-likeness (QED) is 0.889. The van der Waals surface area contributed by atoms with Gasteiger partial charge in [0.2, 0.25) is 0 Å². The number of anilines is 2. The van der Waals surface area contributed by atoms with Gasteiger partial charge in [-0.15, -0.1) is 0 Å². The molecule has 5 nitrogen and oxygen atoms in total. The van der Waals surface area contributed by atoms with Gasteiger partial charge in [0.15, 0.2) is 0 Å². The van der Waals surface area contributed by atoms with Crippen molar-refractivity contribution >= 4 is 21.6 Å². The summed E-state index contributed by atoms with van der Waals surface area (Å²) in [6, 6.07) is 7.21. The Morgan fingerprint density at radius 1 is 1.11 bits per heavy atom. The summed E-state index contributed by atoms with van der Waals surface area (Å²) in [7, 11) is -1.59. The van der Waals surface area contributed by atoms with Gasteiger partial charge in [0, 0.05) is 31.5 Å². The predicted octanol–water partition coefficient (Wildman–Crippen LogP) is 2.12. The van der Waals surface area contributed by atoms with Crippen LogP contribution in [0.2, 0.25) is 0 Å². The predicted molar refractivity (Wildman–Crippen MR) is 78.5 cm³/mol. The first-order valence-electron chi connectivity index (χ1n) is 6.57. The van der Waals surface area contributed by atoms with Crippen LogP contribution in [-0.2, 0) is 10.2 Å². The molecule has 0 aliphatic carbocycles. The highest BCUT2D eigenvalue weighted by molar-refractivity contribution is 7.90. The van der Waals surface area contributed by atoms with E-state index in [4.69, 9.17) is 0 Å². The Bertz CT molecular complexity index is 505. The Hall–Kier alpha value is -1.27. The molecular weight excluding hydrogens is 262 g/mol. The standard InChI is InChI=1S/C13H21N3O2S/c1-11-7-9-16(10-8-11)19(17,18)15-13-5-3-12(14-2)4-6-13/h3-6,11,14-15H,7-10H2,1-2H3. The lowest BCUT2D eigenvalue weighted by Gasteiger charge is -2.29. The lowest BCUT2D eigenvalue weighted by atomic mass is 10.0. The largest absolute Gasteiger partial charge is 0.388 e. The second-order valence-corrected chi connectivity index (χ2v) is 6.69. The molecule has 2 N–H and O–H groups in total. The Morgan fingerprint density at radius 3 is 2.16 bits per heavy atom. The lowest BCUT2D eigenvalue weighted by molar-refractivity contribution is 0.289. The van der Waals surface area contributed by atoms with Crippen molar-refractivity contribution in [3.63, 3.8) is 0 Å². The summed E-state index contributed by atoms with van der Waals surface area (Å²) in [5.41, 5.74) is 1.55. The Morgan fingerprint density at radius 2 is 1.63 bits per heavy atom. The van der Waals surface area contributed by atoms with Crippen LogP contribution in [0.15, 0.2) is 24.3 Å². The number of hydrogen-bond donors (Lipinski definition) is 2. The van der Waals surface area contributed by atoms with E-state index in [2.05, 4.69) is 17.0 Å². The molecule has 1 saturated heterocycles. The van der Waals surface area contributed by atoms with Gasteiger partial charge in [-0.1, -0.05) is 6.92 Å². The fraction of sp³-hybridized carbons (Fsp3) is 0.538. The average Bonchev–Trinajstić information content (AvgIpc) is 2.40. The van der Waals surface area contributed by atoms with Crippen LogP contribution in [0, 0.1) is 5.92 Å². The fourth-order valence-corrected chi connectivity index (χ4v) is 3.40. The van der Waals surface area contributed by atoms with Gasteiger partial charge in [0.05, 0.1) is 0 Å². The van der Waals surface area contributed by atoms with Crippen LogP contribution in [-0.4, -0.2) is 32.9 Å². The van der Waals surface area contributed by atoms with E-state index >= 15 is 0 Å². The molecule has 0 amide bonds. The van der Waals surface area contributed by atoms with Gasteiger partial charge in [-0.2, -0.15) is 12.7 Å². The van der Waals surface area contributed by atoms with Crippen LogP contribution in [0.25, 0.3) is 0 Å². The molecule has 0 unspecified atom stereocenters. The molecule has 1 aliphatic heterocycles. The maximum absolute atomic E-state index is 12.2.